The van der Waals surface area contributed by atoms with Gasteiger partial charge in [0.15, 0.2) is 5.56 Å². The molecule has 0 atom stereocenters. The van der Waals surface area contributed by atoms with Crippen molar-refractivity contribution in [3.05, 3.63) is 33.1 Å². The van der Waals surface area contributed by atoms with Crippen LogP contribution in [0.1, 0.15) is 23.2 Å². The molecule has 0 saturated carbocycles. The standard InChI is InChI=1S/C9H4F2N4O2/c10-9(11)7-6(3-13)8(15(16)17)5(1-2-12)4-14-7/h4,9H,1H2. The Hall–Kier alpha value is -2.61. The topological polar surface area (TPSA) is 104 Å². The molecule has 8 heteroatoms. The number of halogens is 2. The van der Waals surface area contributed by atoms with E-state index < -0.39 is 28.3 Å². The molecule has 1 rings (SSSR count). The molecule has 1 aromatic rings. The Kier molecular flexibility index (Phi) is 3.62. The lowest BCUT2D eigenvalue weighted by molar-refractivity contribution is -0.385. The van der Waals surface area contributed by atoms with Crippen molar-refractivity contribution in [1.82, 2.24) is 4.98 Å². The number of nitro groups is 1. The fourth-order valence-electron chi connectivity index (χ4n) is 1.25. The van der Waals surface area contributed by atoms with E-state index in [1.165, 1.54) is 6.07 Å². The van der Waals surface area contributed by atoms with E-state index in [2.05, 4.69) is 4.98 Å². The van der Waals surface area contributed by atoms with Gasteiger partial charge in [0, 0.05) is 6.20 Å². The molecule has 86 valence electrons. The second-order valence-electron chi connectivity index (χ2n) is 2.90. The Morgan fingerprint density at radius 3 is 2.59 bits per heavy atom. The molecule has 0 aliphatic rings. The molecule has 1 aromatic heterocycles. The molecular formula is C9H4F2N4O2. The molecule has 0 fully saturated rings. The van der Waals surface area contributed by atoms with E-state index in [-0.39, 0.29) is 12.0 Å². The number of hydrogen-bond donors (Lipinski definition) is 0. The van der Waals surface area contributed by atoms with Gasteiger partial charge in [0.25, 0.3) is 12.1 Å². The highest BCUT2D eigenvalue weighted by molar-refractivity contribution is 5.56. The van der Waals surface area contributed by atoms with Crippen molar-refractivity contribution < 1.29 is 13.7 Å². The van der Waals surface area contributed by atoms with Crippen LogP contribution in [-0.4, -0.2) is 9.91 Å². The summed E-state index contributed by atoms with van der Waals surface area (Å²) in [6, 6.07) is 2.97. The number of rotatable bonds is 3. The fraction of sp³-hybridized carbons (Fsp3) is 0.222. The lowest BCUT2D eigenvalue weighted by Crippen LogP contribution is -2.05. The SMILES string of the molecule is N#CCc1cnc(C(F)F)c(C#N)c1[N+](=O)[O-]. The zero-order valence-corrected chi connectivity index (χ0v) is 8.22. The maximum Gasteiger partial charge on any atom is 0.294 e. The monoisotopic (exact) mass is 238 g/mol. The molecule has 0 aliphatic carbocycles. The van der Waals surface area contributed by atoms with Gasteiger partial charge in [0.05, 0.1) is 23.0 Å². The first kappa shape index (κ1) is 12.5. The predicted molar refractivity (Wildman–Crippen MR) is 49.9 cm³/mol. The van der Waals surface area contributed by atoms with Crippen molar-refractivity contribution >= 4 is 5.69 Å². The molecule has 0 amide bonds. The van der Waals surface area contributed by atoms with E-state index >= 15 is 0 Å². The quantitative estimate of drug-likeness (QED) is 0.590. The molecule has 0 saturated heterocycles. The number of alkyl halides is 2. The molecule has 6 nitrogen and oxygen atoms in total. The van der Waals surface area contributed by atoms with Crippen LogP contribution in [0.2, 0.25) is 0 Å². The van der Waals surface area contributed by atoms with Crippen LogP contribution in [0, 0.1) is 32.8 Å². The minimum atomic E-state index is -3.08. The molecule has 0 spiro atoms. The molecule has 0 aromatic carbocycles. The molecule has 1 heterocycles. The maximum absolute atomic E-state index is 12.5. The number of nitrogens with zero attached hydrogens (tertiary/aromatic N) is 4. The highest BCUT2D eigenvalue weighted by Crippen LogP contribution is 2.30. The highest BCUT2D eigenvalue weighted by Gasteiger charge is 2.28. The summed E-state index contributed by atoms with van der Waals surface area (Å²) in [5.74, 6) is 0. The molecular weight excluding hydrogens is 234 g/mol. The van der Waals surface area contributed by atoms with Gasteiger partial charge in [-0.25, -0.2) is 8.78 Å². The van der Waals surface area contributed by atoms with E-state index in [0.29, 0.717) is 0 Å². The van der Waals surface area contributed by atoms with E-state index in [1.54, 1.807) is 6.07 Å². The van der Waals surface area contributed by atoms with Crippen molar-refractivity contribution in [1.29, 1.82) is 10.5 Å². The minimum Gasteiger partial charge on any atom is -0.258 e. The number of pyridine rings is 1. The summed E-state index contributed by atoms with van der Waals surface area (Å²) >= 11 is 0. The van der Waals surface area contributed by atoms with Crippen LogP contribution in [0.3, 0.4) is 0 Å². The summed E-state index contributed by atoms with van der Waals surface area (Å²) in [6.07, 6.45) is -2.63. The first-order valence-corrected chi connectivity index (χ1v) is 4.24. The van der Waals surface area contributed by atoms with Crippen LogP contribution in [0.15, 0.2) is 6.20 Å². The van der Waals surface area contributed by atoms with Crippen LogP contribution >= 0.6 is 0 Å². The van der Waals surface area contributed by atoms with Gasteiger partial charge in [-0.1, -0.05) is 0 Å². The van der Waals surface area contributed by atoms with E-state index in [1.807, 2.05) is 0 Å². The van der Waals surface area contributed by atoms with Crippen molar-refractivity contribution in [3.8, 4) is 12.1 Å². The van der Waals surface area contributed by atoms with Gasteiger partial charge >= 0.3 is 0 Å². The smallest absolute Gasteiger partial charge is 0.258 e. The van der Waals surface area contributed by atoms with Gasteiger partial charge in [0.1, 0.15) is 11.8 Å². The van der Waals surface area contributed by atoms with Crippen LogP contribution in [-0.2, 0) is 6.42 Å². The number of nitriles is 2. The first-order valence-electron chi connectivity index (χ1n) is 4.24. The molecule has 0 unspecified atom stereocenters. The lowest BCUT2D eigenvalue weighted by Gasteiger charge is -2.04. The van der Waals surface area contributed by atoms with Gasteiger partial charge in [0.2, 0.25) is 0 Å². The summed E-state index contributed by atoms with van der Waals surface area (Å²) in [4.78, 5) is 13.0. The first-order chi connectivity index (χ1) is 8.02. The zero-order chi connectivity index (χ0) is 13.0. The van der Waals surface area contributed by atoms with Crippen LogP contribution in [0.5, 0.6) is 0 Å². The normalized spacial score (nSPS) is 9.71. The Balaban J connectivity index is 3.58. The van der Waals surface area contributed by atoms with Gasteiger partial charge in [-0.05, 0) is 0 Å². The van der Waals surface area contributed by atoms with E-state index in [4.69, 9.17) is 10.5 Å². The van der Waals surface area contributed by atoms with Crippen molar-refractivity contribution in [2.24, 2.45) is 0 Å². The third-order valence-electron chi connectivity index (χ3n) is 1.93. The van der Waals surface area contributed by atoms with Gasteiger partial charge in [-0.15, -0.1) is 0 Å². The average molecular weight is 238 g/mol. The van der Waals surface area contributed by atoms with Crippen molar-refractivity contribution in [3.63, 3.8) is 0 Å². The molecule has 0 radical (unpaired) electrons. The minimum absolute atomic E-state index is 0.154. The van der Waals surface area contributed by atoms with Crippen LogP contribution in [0.4, 0.5) is 14.5 Å². The van der Waals surface area contributed by atoms with E-state index in [0.717, 1.165) is 6.20 Å². The van der Waals surface area contributed by atoms with Crippen molar-refractivity contribution in [2.75, 3.05) is 0 Å². The Morgan fingerprint density at radius 2 is 2.18 bits per heavy atom. The zero-order valence-electron chi connectivity index (χ0n) is 8.22. The number of hydrogen-bond acceptors (Lipinski definition) is 5. The van der Waals surface area contributed by atoms with Crippen LogP contribution in [0.25, 0.3) is 0 Å². The third-order valence-corrected chi connectivity index (χ3v) is 1.93. The predicted octanol–water partition coefficient (Wildman–Crippen LogP) is 1.87. The van der Waals surface area contributed by atoms with Gasteiger partial charge in [-0.2, -0.15) is 10.5 Å². The Bertz CT molecular complexity index is 545. The van der Waals surface area contributed by atoms with Crippen LogP contribution < -0.4 is 0 Å². The van der Waals surface area contributed by atoms with Gasteiger partial charge in [-0.3, -0.25) is 15.1 Å². The summed E-state index contributed by atoms with van der Waals surface area (Å²) in [5.41, 5.74) is -2.67. The highest BCUT2D eigenvalue weighted by atomic mass is 19.3. The largest absolute Gasteiger partial charge is 0.294 e. The molecule has 0 bridgehead atoms. The summed E-state index contributed by atoms with van der Waals surface area (Å²) in [6.45, 7) is 0. The molecule has 0 aliphatic heterocycles. The summed E-state index contributed by atoms with van der Waals surface area (Å²) < 4.78 is 24.9. The Labute approximate surface area is 93.9 Å². The fourth-order valence-corrected chi connectivity index (χ4v) is 1.25. The maximum atomic E-state index is 12.5. The van der Waals surface area contributed by atoms with E-state index in [9.17, 15) is 18.9 Å². The third kappa shape index (κ3) is 2.32. The second-order valence-corrected chi connectivity index (χ2v) is 2.90. The number of aromatic nitrogens is 1. The second kappa shape index (κ2) is 4.94. The molecule has 0 N–H and O–H groups in total. The summed E-state index contributed by atoms with van der Waals surface area (Å²) in [5, 5.41) is 27.8. The van der Waals surface area contributed by atoms with Gasteiger partial charge < -0.3 is 0 Å². The van der Waals surface area contributed by atoms with Crippen molar-refractivity contribution in [2.45, 2.75) is 12.8 Å². The lowest BCUT2D eigenvalue weighted by atomic mass is 10.1. The summed E-state index contributed by atoms with van der Waals surface area (Å²) in [7, 11) is 0. The molecule has 17 heavy (non-hydrogen) atoms. The Morgan fingerprint density at radius 1 is 1.53 bits per heavy atom. The average Bonchev–Trinajstić information content (AvgIpc) is 2.27.